The maximum Gasteiger partial charge on any atom is 0.197 e. The van der Waals surface area contributed by atoms with Crippen LogP contribution in [0.1, 0.15) is 30.2 Å². The van der Waals surface area contributed by atoms with Gasteiger partial charge in [0, 0.05) is 18.2 Å². The van der Waals surface area contributed by atoms with Crippen molar-refractivity contribution < 1.29 is 14.2 Å². The molecule has 1 unspecified atom stereocenters. The first-order valence-corrected chi connectivity index (χ1v) is 7.32. The van der Waals surface area contributed by atoms with E-state index in [0.29, 0.717) is 13.2 Å². The van der Waals surface area contributed by atoms with Gasteiger partial charge in [0.2, 0.25) is 0 Å². The van der Waals surface area contributed by atoms with Gasteiger partial charge in [-0.2, -0.15) is 0 Å². The van der Waals surface area contributed by atoms with Crippen molar-refractivity contribution in [1.29, 1.82) is 0 Å². The van der Waals surface area contributed by atoms with Gasteiger partial charge >= 0.3 is 0 Å². The first kappa shape index (κ1) is 12.8. The Kier molecular flexibility index (Phi) is 3.13. The second kappa shape index (κ2) is 5.13. The van der Waals surface area contributed by atoms with Crippen LogP contribution in [0.25, 0.3) is 0 Å². The van der Waals surface area contributed by atoms with E-state index in [1.165, 1.54) is 0 Å². The molecule has 2 aromatic rings. The fraction of sp³-hybridized carbons (Fsp3) is 0.353. The summed E-state index contributed by atoms with van der Waals surface area (Å²) in [6.45, 7) is 1.27. The number of para-hydroxylation sites is 1. The van der Waals surface area contributed by atoms with Crippen LogP contribution < -0.4 is 4.74 Å². The predicted octanol–water partition coefficient (Wildman–Crippen LogP) is 3.20. The van der Waals surface area contributed by atoms with E-state index in [-0.39, 0.29) is 6.10 Å². The molecule has 1 spiro atoms. The molecule has 0 radical (unpaired) electrons. The van der Waals surface area contributed by atoms with Gasteiger partial charge in [-0.25, -0.2) is 0 Å². The highest BCUT2D eigenvalue weighted by molar-refractivity contribution is 5.32. The lowest BCUT2D eigenvalue weighted by atomic mass is 9.88. The molecular weight excluding hydrogens is 266 g/mol. The van der Waals surface area contributed by atoms with Crippen molar-refractivity contribution in [2.24, 2.45) is 0 Å². The molecule has 2 aliphatic rings. The minimum atomic E-state index is -0.611. The second-order valence-electron chi connectivity index (χ2n) is 5.34. The Morgan fingerprint density at radius 3 is 2.67 bits per heavy atom. The lowest BCUT2D eigenvalue weighted by Crippen LogP contribution is -2.35. The third-order valence-corrected chi connectivity index (χ3v) is 4.06. The molecule has 2 heterocycles. The van der Waals surface area contributed by atoms with Crippen LogP contribution in [0, 0.1) is 0 Å². The Morgan fingerprint density at radius 1 is 1.05 bits per heavy atom. The Morgan fingerprint density at radius 2 is 1.86 bits per heavy atom. The summed E-state index contributed by atoms with van der Waals surface area (Å²) in [5.41, 5.74) is 1.93. The summed E-state index contributed by atoms with van der Waals surface area (Å²) >= 11 is 0. The predicted molar refractivity (Wildman–Crippen MR) is 76.9 cm³/mol. The van der Waals surface area contributed by atoms with Gasteiger partial charge in [0.1, 0.15) is 11.9 Å². The summed E-state index contributed by atoms with van der Waals surface area (Å²) in [5, 5.41) is 0. The summed E-state index contributed by atoms with van der Waals surface area (Å²) < 4.78 is 17.9. The van der Waals surface area contributed by atoms with Crippen molar-refractivity contribution in [2.75, 3.05) is 13.2 Å². The van der Waals surface area contributed by atoms with E-state index < -0.39 is 5.79 Å². The van der Waals surface area contributed by atoms with Gasteiger partial charge in [-0.05, 0) is 24.6 Å². The van der Waals surface area contributed by atoms with Crippen LogP contribution in [0.2, 0.25) is 0 Å². The molecule has 1 aromatic carbocycles. The Labute approximate surface area is 123 Å². The largest absolute Gasteiger partial charge is 0.484 e. The van der Waals surface area contributed by atoms with Gasteiger partial charge in [-0.15, -0.1) is 0 Å². The molecule has 1 fully saturated rings. The molecule has 1 aromatic heterocycles. The SMILES string of the molecule is c1ccc(OC2CCC3(OCCO3)c3cccnc32)cc1. The summed E-state index contributed by atoms with van der Waals surface area (Å²) in [6, 6.07) is 13.8. The average molecular weight is 283 g/mol. The minimum Gasteiger partial charge on any atom is -0.484 e. The van der Waals surface area contributed by atoms with Crippen LogP contribution in [0.4, 0.5) is 0 Å². The normalized spacial score (nSPS) is 23.0. The second-order valence-corrected chi connectivity index (χ2v) is 5.34. The number of pyridine rings is 1. The molecule has 1 saturated heterocycles. The number of rotatable bonds is 2. The molecule has 4 nitrogen and oxygen atoms in total. The molecule has 1 aliphatic carbocycles. The monoisotopic (exact) mass is 283 g/mol. The lowest BCUT2D eigenvalue weighted by molar-refractivity contribution is -0.182. The van der Waals surface area contributed by atoms with Gasteiger partial charge < -0.3 is 14.2 Å². The molecular formula is C17H17NO3. The first-order chi connectivity index (χ1) is 10.4. The number of ether oxygens (including phenoxy) is 3. The third-order valence-electron chi connectivity index (χ3n) is 4.06. The number of hydrogen-bond donors (Lipinski definition) is 0. The van der Waals surface area contributed by atoms with E-state index in [2.05, 4.69) is 4.98 Å². The summed E-state index contributed by atoms with van der Waals surface area (Å²) in [6.07, 6.45) is 3.37. The number of aromatic nitrogens is 1. The molecule has 0 N–H and O–H groups in total. The van der Waals surface area contributed by atoms with Crippen LogP contribution in [-0.4, -0.2) is 18.2 Å². The van der Waals surface area contributed by atoms with E-state index in [0.717, 1.165) is 29.8 Å². The highest BCUT2D eigenvalue weighted by atomic mass is 16.7. The zero-order valence-corrected chi connectivity index (χ0v) is 11.7. The summed E-state index contributed by atoms with van der Waals surface area (Å²) in [7, 11) is 0. The fourth-order valence-electron chi connectivity index (χ4n) is 3.12. The highest BCUT2D eigenvalue weighted by Crippen LogP contribution is 2.45. The van der Waals surface area contributed by atoms with Crippen molar-refractivity contribution in [3.8, 4) is 5.75 Å². The molecule has 21 heavy (non-hydrogen) atoms. The van der Waals surface area contributed by atoms with E-state index >= 15 is 0 Å². The fourth-order valence-corrected chi connectivity index (χ4v) is 3.12. The van der Waals surface area contributed by atoms with Gasteiger partial charge in [0.05, 0.1) is 18.9 Å². The van der Waals surface area contributed by atoms with Crippen molar-refractivity contribution >= 4 is 0 Å². The Hall–Kier alpha value is -1.91. The topological polar surface area (TPSA) is 40.6 Å². The van der Waals surface area contributed by atoms with Gasteiger partial charge in [-0.3, -0.25) is 4.98 Å². The molecule has 0 amide bonds. The van der Waals surface area contributed by atoms with Crippen molar-refractivity contribution in [3.05, 3.63) is 59.9 Å². The molecule has 4 rings (SSSR count). The van der Waals surface area contributed by atoms with Crippen molar-refractivity contribution in [3.63, 3.8) is 0 Å². The minimum absolute atomic E-state index is 0.0537. The van der Waals surface area contributed by atoms with E-state index in [9.17, 15) is 0 Å². The number of nitrogens with zero attached hydrogens (tertiary/aromatic N) is 1. The molecule has 0 bridgehead atoms. The zero-order valence-electron chi connectivity index (χ0n) is 11.7. The van der Waals surface area contributed by atoms with E-state index in [1.54, 1.807) is 6.20 Å². The van der Waals surface area contributed by atoms with Crippen LogP contribution >= 0.6 is 0 Å². The number of benzene rings is 1. The van der Waals surface area contributed by atoms with Gasteiger partial charge in [0.15, 0.2) is 5.79 Å². The van der Waals surface area contributed by atoms with Crippen LogP contribution in [-0.2, 0) is 15.3 Å². The summed E-state index contributed by atoms with van der Waals surface area (Å²) in [5.74, 6) is 0.253. The molecule has 1 atom stereocenters. The highest BCUT2D eigenvalue weighted by Gasteiger charge is 2.46. The molecule has 108 valence electrons. The lowest BCUT2D eigenvalue weighted by Gasteiger charge is -2.36. The number of hydrogen-bond acceptors (Lipinski definition) is 4. The maximum absolute atomic E-state index is 6.11. The quantitative estimate of drug-likeness (QED) is 0.848. The van der Waals surface area contributed by atoms with Crippen molar-refractivity contribution in [2.45, 2.75) is 24.7 Å². The van der Waals surface area contributed by atoms with Crippen LogP contribution in [0.5, 0.6) is 5.75 Å². The number of fused-ring (bicyclic) bond motifs is 2. The average Bonchev–Trinajstić information content (AvgIpc) is 3.01. The van der Waals surface area contributed by atoms with Crippen molar-refractivity contribution in [1.82, 2.24) is 4.98 Å². The Bertz CT molecular complexity index is 623. The third kappa shape index (κ3) is 2.20. The molecule has 4 heteroatoms. The maximum atomic E-state index is 6.11. The smallest absolute Gasteiger partial charge is 0.197 e. The van der Waals surface area contributed by atoms with E-state index in [1.807, 2.05) is 42.5 Å². The first-order valence-electron chi connectivity index (χ1n) is 7.32. The van der Waals surface area contributed by atoms with Gasteiger partial charge in [-0.1, -0.05) is 24.3 Å². The summed E-state index contributed by atoms with van der Waals surface area (Å²) in [4.78, 5) is 4.53. The molecule has 0 saturated carbocycles. The Balaban J connectivity index is 1.68. The van der Waals surface area contributed by atoms with Gasteiger partial charge in [0.25, 0.3) is 0 Å². The van der Waals surface area contributed by atoms with Crippen LogP contribution in [0.3, 0.4) is 0 Å². The van der Waals surface area contributed by atoms with E-state index in [4.69, 9.17) is 14.2 Å². The molecule has 1 aliphatic heterocycles. The zero-order chi connectivity index (χ0) is 14.1. The van der Waals surface area contributed by atoms with Crippen LogP contribution in [0.15, 0.2) is 48.7 Å². The standard InChI is InChI=1S/C17H17NO3/c1-2-5-13(6-3-1)21-15-8-9-17(19-11-12-20-17)14-7-4-10-18-16(14)15/h1-7,10,15H,8-9,11-12H2.